The zero-order valence-corrected chi connectivity index (χ0v) is 18.4. The lowest BCUT2D eigenvalue weighted by Gasteiger charge is -2.39. The van der Waals surface area contributed by atoms with E-state index in [9.17, 15) is 18.0 Å². The van der Waals surface area contributed by atoms with Gasteiger partial charge in [0.05, 0.1) is 12.7 Å². The Morgan fingerprint density at radius 2 is 1.53 bits per heavy atom. The molecule has 2 saturated heterocycles. The van der Waals surface area contributed by atoms with E-state index < -0.39 is 16.2 Å². The standard InChI is InChI=1S/C19H29N5O5S/c1-15-14-16(18(25)29-3)4-5-17(15)20-19(26)22-8-12-24(13-9-22)30(27,28)23-10-6-21(2)7-11-23/h4-5,14H,6-13H2,1-3H3,(H,20,26). The van der Waals surface area contributed by atoms with Crippen molar-refractivity contribution in [3.05, 3.63) is 29.3 Å². The SMILES string of the molecule is COC(=O)c1ccc(NC(=O)N2CCN(S(=O)(=O)N3CCN(C)CC3)CC2)c(C)c1. The lowest BCUT2D eigenvalue weighted by atomic mass is 10.1. The third-order valence-corrected chi connectivity index (χ3v) is 7.57. The van der Waals surface area contributed by atoms with Crippen LogP contribution in [0.1, 0.15) is 15.9 Å². The molecule has 0 bridgehead atoms. The van der Waals surface area contributed by atoms with Gasteiger partial charge in [0, 0.05) is 58.0 Å². The molecule has 2 fully saturated rings. The first-order chi connectivity index (χ1) is 14.2. The number of hydrogen-bond acceptors (Lipinski definition) is 6. The Labute approximate surface area is 177 Å². The van der Waals surface area contributed by atoms with Crippen LogP contribution in [0.15, 0.2) is 18.2 Å². The summed E-state index contributed by atoms with van der Waals surface area (Å²) in [7, 11) is -0.206. The average Bonchev–Trinajstić information content (AvgIpc) is 2.75. The fraction of sp³-hybridized carbons (Fsp3) is 0.579. The van der Waals surface area contributed by atoms with Gasteiger partial charge in [-0.05, 0) is 37.7 Å². The maximum Gasteiger partial charge on any atom is 0.337 e. The van der Waals surface area contributed by atoms with Crippen molar-refractivity contribution in [2.75, 3.05) is 71.8 Å². The van der Waals surface area contributed by atoms with Gasteiger partial charge < -0.3 is 19.9 Å². The molecule has 0 aromatic heterocycles. The normalized spacial score (nSPS) is 19.5. The molecule has 2 aliphatic heterocycles. The second-order valence-electron chi connectivity index (χ2n) is 7.55. The Kier molecular flexibility index (Phi) is 6.96. The van der Waals surface area contributed by atoms with Crippen molar-refractivity contribution in [2.45, 2.75) is 6.92 Å². The summed E-state index contributed by atoms with van der Waals surface area (Å²) in [6.07, 6.45) is 0. The van der Waals surface area contributed by atoms with Crippen molar-refractivity contribution in [3.63, 3.8) is 0 Å². The first kappa shape index (κ1) is 22.5. The van der Waals surface area contributed by atoms with Crippen LogP contribution in [-0.2, 0) is 14.9 Å². The number of nitrogens with one attached hydrogen (secondary N) is 1. The molecule has 0 radical (unpaired) electrons. The second-order valence-corrected chi connectivity index (χ2v) is 9.48. The number of nitrogens with zero attached hydrogens (tertiary/aromatic N) is 4. The molecule has 2 amide bonds. The molecule has 1 aromatic rings. The summed E-state index contributed by atoms with van der Waals surface area (Å²) in [6.45, 7) is 5.37. The molecule has 0 saturated carbocycles. The van der Waals surface area contributed by atoms with Gasteiger partial charge in [-0.1, -0.05) is 0 Å². The van der Waals surface area contributed by atoms with E-state index in [-0.39, 0.29) is 19.1 Å². The molecule has 0 unspecified atom stereocenters. The molecular formula is C19H29N5O5S. The van der Waals surface area contributed by atoms with Crippen LogP contribution in [0.25, 0.3) is 0 Å². The minimum absolute atomic E-state index is 0.266. The smallest absolute Gasteiger partial charge is 0.337 e. The zero-order chi connectivity index (χ0) is 21.9. The summed E-state index contributed by atoms with van der Waals surface area (Å²) in [4.78, 5) is 27.9. The van der Waals surface area contributed by atoms with E-state index >= 15 is 0 Å². The van der Waals surface area contributed by atoms with Gasteiger partial charge in [-0.2, -0.15) is 17.0 Å². The number of urea groups is 1. The van der Waals surface area contributed by atoms with Crippen molar-refractivity contribution < 1.29 is 22.7 Å². The van der Waals surface area contributed by atoms with Crippen molar-refractivity contribution >= 4 is 27.9 Å². The Balaban J connectivity index is 1.56. The first-order valence-electron chi connectivity index (χ1n) is 9.91. The average molecular weight is 440 g/mol. The molecule has 3 rings (SSSR count). The van der Waals surface area contributed by atoms with Gasteiger partial charge in [0.1, 0.15) is 0 Å². The number of esters is 1. The van der Waals surface area contributed by atoms with Crippen molar-refractivity contribution in [2.24, 2.45) is 0 Å². The molecule has 166 valence electrons. The topological polar surface area (TPSA) is 102 Å². The van der Waals surface area contributed by atoms with Gasteiger partial charge in [0.25, 0.3) is 10.2 Å². The highest BCUT2D eigenvalue weighted by molar-refractivity contribution is 7.86. The van der Waals surface area contributed by atoms with E-state index in [1.165, 1.54) is 15.7 Å². The highest BCUT2D eigenvalue weighted by atomic mass is 32.2. The van der Waals surface area contributed by atoms with Crippen LogP contribution in [0, 0.1) is 6.92 Å². The van der Waals surface area contributed by atoms with E-state index in [0.717, 1.165) is 18.7 Å². The lowest BCUT2D eigenvalue weighted by Crippen LogP contribution is -2.57. The molecule has 2 heterocycles. The van der Waals surface area contributed by atoms with Crippen molar-refractivity contribution in [1.82, 2.24) is 18.4 Å². The van der Waals surface area contributed by atoms with E-state index in [0.29, 0.717) is 37.4 Å². The number of methoxy groups -OCH3 is 1. The van der Waals surface area contributed by atoms with Crippen LogP contribution in [0.2, 0.25) is 0 Å². The number of carbonyl (C=O) groups is 2. The fourth-order valence-corrected chi connectivity index (χ4v) is 5.12. The van der Waals surface area contributed by atoms with Gasteiger partial charge in [0.15, 0.2) is 0 Å². The number of aryl methyl sites for hydroxylation is 1. The molecule has 1 N–H and O–H groups in total. The summed E-state index contributed by atoms with van der Waals surface area (Å²) in [6, 6.07) is 4.62. The maximum atomic E-state index is 12.8. The lowest BCUT2D eigenvalue weighted by molar-refractivity contribution is 0.0600. The first-order valence-corrected chi connectivity index (χ1v) is 11.3. The number of piperazine rings is 2. The number of ether oxygens (including phenoxy) is 1. The Bertz CT molecular complexity index is 891. The van der Waals surface area contributed by atoms with E-state index in [1.807, 2.05) is 7.05 Å². The number of likely N-dealkylation sites (N-methyl/N-ethyl adjacent to an activating group) is 1. The van der Waals surface area contributed by atoms with E-state index in [1.54, 1.807) is 30.0 Å². The van der Waals surface area contributed by atoms with Crippen LogP contribution in [-0.4, -0.2) is 105 Å². The fourth-order valence-electron chi connectivity index (χ4n) is 3.55. The number of rotatable bonds is 4. The van der Waals surface area contributed by atoms with Gasteiger partial charge in [-0.3, -0.25) is 0 Å². The predicted octanol–water partition coefficient (Wildman–Crippen LogP) is 0.423. The van der Waals surface area contributed by atoms with Gasteiger partial charge in [0.2, 0.25) is 0 Å². The summed E-state index contributed by atoms with van der Waals surface area (Å²) < 4.78 is 33.4. The Morgan fingerprint density at radius 3 is 2.07 bits per heavy atom. The van der Waals surface area contributed by atoms with Crippen LogP contribution in [0.4, 0.5) is 10.5 Å². The van der Waals surface area contributed by atoms with E-state index in [2.05, 4.69) is 10.2 Å². The monoisotopic (exact) mass is 439 g/mol. The largest absolute Gasteiger partial charge is 0.465 e. The molecule has 10 nitrogen and oxygen atoms in total. The highest BCUT2D eigenvalue weighted by Gasteiger charge is 2.34. The van der Waals surface area contributed by atoms with Crippen LogP contribution in [0.3, 0.4) is 0 Å². The number of carbonyl (C=O) groups excluding carboxylic acids is 2. The van der Waals surface area contributed by atoms with Crippen molar-refractivity contribution in [3.8, 4) is 0 Å². The summed E-state index contributed by atoms with van der Waals surface area (Å²) in [5, 5.41) is 2.84. The number of hydrogen-bond donors (Lipinski definition) is 1. The molecule has 0 atom stereocenters. The summed E-state index contributed by atoms with van der Waals surface area (Å²) >= 11 is 0. The van der Waals surface area contributed by atoms with Gasteiger partial charge >= 0.3 is 12.0 Å². The van der Waals surface area contributed by atoms with Crippen LogP contribution >= 0.6 is 0 Å². The number of anilines is 1. The molecule has 30 heavy (non-hydrogen) atoms. The highest BCUT2D eigenvalue weighted by Crippen LogP contribution is 2.19. The third kappa shape index (κ3) is 4.91. The van der Waals surface area contributed by atoms with Gasteiger partial charge in [-0.15, -0.1) is 0 Å². The molecule has 1 aromatic carbocycles. The zero-order valence-electron chi connectivity index (χ0n) is 17.6. The maximum absolute atomic E-state index is 12.8. The summed E-state index contributed by atoms with van der Waals surface area (Å²) in [5.41, 5.74) is 1.75. The number of benzene rings is 1. The number of amides is 2. The van der Waals surface area contributed by atoms with Crippen molar-refractivity contribution in [1.29, 1.82) is 0 Å². The molecule has 2 aliphatic rings. The second kappa shape index (κ2) is 9.29. The molecular weight excluding hydrogens is 410 g/mol. The Morgan fingerprint density at radius 1 is 0.967 bits per heavy atom. The van der Waals surface area contributed by atoms with Gasteiger partial charge in [-0.25, -0.2) is 9.59 Å². The minimum Gasteiger partial charge on any atom is -0.465 e. The Hall–Kier alpha value is -2.21. The summed E-state index contributed by atoms with van der Waals surface area (Å²) in [5.74, 6) is -0.436. The third-order valence-electron chi connectivity index (χ3n) is 5.53. The minimum atomic E-state index is -3.50. The van der Waals surface area contributed by atoms with E-state index in [4.69, 9.17) is 4.74 Å². The predicted molar refractivity (Wildman–Crippen MR) is 113 cm³/mol. The molecule has 11 heteroatoms. The van der Waals surface area contributed by atoms with Crippen LogP contribution < -0.4 is 5.32 Å². The quantitative estimate of drug-likeness (QED) is 0.683. The molecule has 0 spiro atoms. The molecule has 0 aliphatic carbocycles. The van der Waals surface area contributed by atoms with Crippen LogP contribution in [0.5, 0.6) is 0 Å².